The number of carbonyl (C=O) groups excluding carboxylic acids is 1. The van der Waals surface area contributed by atoms with Gasteiger partial charge < -0.3 is 0 Å². The summed E-state index contributed by atoms with van der Waals surface area (Å²) in [5.74, 6) is 0.806. The topological polar surface area (TPSA) is 34.1 Å². The molecular weight excluding hydrogens is 124 g/mol. The predicted octanol–water partition coefficient (Wildman–Crippen LogP) is 0.344. The Bertz CT molecular complexity index is 109. The molecule has 1 atom stereocenters. The molecule has 0 saturated carbocycles. The Hall–Kier alpha value is -0.180. The molecule has 0 aliphatic heterocycles. The smallest absolute Gasteiger partial charge is 0.142 e. The molecule has 0 aromatic rings. The Labute approximate surface area is 51.7 Å². The first-order chi connectivity index (χ1) is 3.66. The lowest BCUT2D eigenvalue weighted by molar-refractivity contribution is -0.114. The van der Waals surface area contributed by atoms with Gasteiger partial charge in [0.15, 0.2) is 0 Å². The predicted molar refractivity (Wildman–Crippen MR) is 34.2 cm³/mol. The molecule has 2 nitrogen and oxygen atoms in total. The normalized spacial score (nSPS) is 13.2. The lowest BCUT2D eigenvalue weighted by atomic mass is 10.5. The van der Waals surface area contributed by atoms with Crippen molar-refractivity contribution >= 4 is 16.6 Å². The second-order valence-corrected chi connectivity index (χ2v) is 3.32. The van der Waals surface area contributed by atoms with Crippen molar-refractivity contribution in [2.24, 2.45) is 0 Å². The molecule has 0 aliphatic carbocycles. The zero-order valence-corrected chi connectivity index (χ0v) is 5.96. The molecule has 0 aliphatic rings. The molecule has 0 heterocycles. The number of rotatable bonds is 3. The van der Waals surface area contributed by atoms with Gasteiger partial charge in [-0.25, -0.2) is 0 Å². The lowest BCUT2D eigenvalue weighted by Crippen LogP contribution is -2.07. The zero-order chi connectivity index (χ0) is 6.57. The van der Waals surface area contributed by atoms with Crippen LogP contribution in [0.5, 0.6) is 0 Å². The molecule has 0 spiro atoms. The highest BCUT2D eigenvalue weighted by molar-refractivity contribution is 7.85. The summed E-state index contributed by atoms with van der Waals surface area (Å²) in [4.78, 5) is 10.2. The number of Topliss-reactive ketones (excluding diaryl/α,β-unsaturated/α-hetero) is 1. The number of carbonyl (C=O) groups is 1. The van der Waals surface area contributed by atoms with Crippen molar-refractivity contribution in [1.29, 1.82) is 0 Å². The Morgan fingerprint density at radius 1 is 1.62 bits per heavy atom. The Kier molecular flexibility index (Phi) is 3.69. The largest absolute Gasteiger partial charge is 0.299 e. The summed E-state index contributed by atoms with van der Waals surface area (Å²) in [6.45, 7) is 3.26. The summed E-state index contributed by atoms with van der Waals surface area (Å²) < 4.78 is 10.5. The van der Waals surface area contributed by atoms with Crippen LogP contribution in [0.2, 0.25) is 0 Å². The SMILES string of the molecule is CCS(=O)CC(C)=O. The first-order valence-corrected chi connectivity index (χ1v) is 4.00. The molecule has 48 valence electrons. The molecule has 8 heavy (non-hydrogen) atoms. The standard InChI is InChI=1S/C5H10O2S/c1-3-8(7)4-5(2)6/h3-4H2,1-2H3. The van der Waals surface area contributed by atoms with Crippen molar-refractivity contribution in [3.8, 4) is 0 Å². The summed E-state index contributed by atoms with van der Waals surface area (Å²) in [6.07, 6.45) is 0. The van der Waals surface area contributed by atoms with Gasteiger partial charge in [-0.05, 0) is 6.92 Å². The van der Waals surface area contributed by atoms with Crippen LogP contribution in [0.15, 0.2) is 0 Å². The van der Waals surface area contributed by atoms with Crippen LogP contribution in [0.1, 0.15) is 13.8 Å². The Morgan fingerprint density at radius 3 is 2.25 bits per heavy atom. The van der Waals surface area contributed by atoms with Gasteiger partial charge in [0.2, 0.25) is 0 Å². The van der Waals surface area contributed by atoms with E-state index >= 15 is 0 Å². The summed E-state index contributed by atoms with van der Waals surface area (Å²) in [5, 5.41) is 0. The Balaban J connectivity index is 3.40. The molecule has 0 N–H and O–H groups in total. The maximum Gasteiger partial charge on any atom is 0.142 e. The number of ketones is 1. The number of hydrogen-bond acceptors (Lipinski definition) is 2. The van der Waals surface area contributed by atoms with Crippen LogP contribution in [-0.4, -0.2) is 21.5 Å². The molecule has 0 bridgehead atoms. The van der Waals surface area contributed by atoms with Gasteiger partial charge in [0, 0.05) is 16.6 Å². The second kappa shape index (κ2) is 3.78. The highest BCUT2D eigenvalue weighted by Crippen LogP contribution is 1.80. The fourth-order valence-corrected chi connectivity index (χ4v) is 0.986. The van der Waals surface area contributed by atoms with E-state index in [1.165, 1.54) is 6.92 Å². The summed E-state index contributed by atoms with van der Waals surface area (Å²) in [6, 6.07) is 0. The molecule has 1 unspecified atom stereocenters. The molecule has 0 aromatic carbocycles. The van der Waals surface area contributed by atoms with Crippen LogP contribution < -0.4 is 0 Å². The van der Waals surface area contributed by atoms with Gasteiger partial charge in [-0.2, -0.15) is 0 Å². The maximum atomic E-state index is 10.5. The van der Waals surface area contributed by atoms with Gasteiger partial charge in [0.1, 0.15) is 5.78 Å². The summed E-state index contributed by atoms with van der Waals surface area (Å²) in [7, 11) is -0.907. The van der Waals surface area contributed by atoms with E-state index in [1.807, 2.05) is 0 Å². The summed E-state index contributed by atoms with van der Waals surface area (Å²) in [5.41, 5.74) is 0. The highest BCUT2D eigenvalue weighted by atomic mass is 32.2. The molecule has 0 radical (unpaired) electrons. The van der Waals surface area contributed by atoms with Crippen molar-refractivity contribution in [1.82, 2.24) is 0 Å². The van der Waals surface area contributed by atoms with E-state index in [0.717, 1.165) is 0 Å². The third-order valence-electron chi connectivity index (χ3n) is 0.686. The van der Waals surface area contributed by atoms with Crippen LogP contribution in [0.25, 0.3) is 0 Å². The molecule has 3 heteroatoms. The number of hydrogen-bond donors (Lipinski definition) is 0. The van der Waals surface area contributed by atoms with E-state index < -0.39 is 10.8 Å². The van der Waals surface area contributed by atoms with Gasteiger partial charge in [-0.15, -0.1) is 0 Å². The van der Waals surface area contributed by atoms with Gasteiger partial charge in [-0.3, -0.25) is 9.00 Å². The van der Waals surface area contributed by atoms with Crippen molar-refractivity contribution < 1.29 is 9.00 Å². The van der Waals surface area contributed by atoms with E-state index in [-0.39, 0.29) is 11.5 Å². The highest BCUT2D eigenvalue weighted by Gasteiger charge is 1.97. The second-order valence-electron chi connectivity index (χ2n) is 1.57. The van der Waals surface area contributed by atoms with E-state index in [9.17, 15) is 9.00 Å². The zero-order valence-electron chi connectivity index (χ0n) is 5.14. The molecule has 0 rings (SSSR count). The quantitative estimate of drug-likeness (QED) is 0.558. The van der Waals surface area contributed by atoms with Gasteiger partial charge in [0.05, 0.1) is 5.75 Å². The van der Waals surface area contributed by atoms with Crippen LogP contribution in [0.3, 0.4) is 0 Å². The van der Waals surface area contributed by atoms with Crippen molar-refractivity contribution in [3.05, 3.63) is 0 Å². The minimum absolute atomic E-state index is 0.00480. The molecule has 0 fully saturated rings. The van der Waals surface area contributed by atoms with Crippen molar-refractivity contribution in [2.75, 3.05) is 11.5 Å². The fraction of sp³-hybridized carbons (Fsp3) is 0.800. The minimum atomic E-state index is -0.907. The van der Waals surface area contributed by atoms with Gasteiger partial charge >= 0.3 is 0 Å². The first-order valence-electron chi connectivity index (χ1n) is 2.51. The average Bonchev–Trinajstić information content (AvgIpc) is 1.65. The Morgan fingerprint density at radius 2 is 2.12 bits per heavy atom. The van der Waals surface area contributed by atoms with Crippen LogP contribution in [0.4, 0.5) is 0 Å². The van der Waals surface area contributed by atoms with Crippen LogP contribution in [-0.2, 0) is 15.6 Å². The molecule has 0 amide bonds. The van der Waals surface area contributed by atoms with E-state index in [2.05, 4.69) is 0 Å². The lowest BCUT2D eigenvalue weighted by Gasteiger charge is -1.89. The monoisotopic (exact) mass is 134 g/mol. The molecular formula is C5H10O2S. The maximum absolute atomic E-state index is 10.5. The van der Waals surface area contributed by atoms with Crippen molar-refractivity contribution in [3.63, 3.8) is 0 Å². The average molecular weight is 134 g/mol. The third kappa shape index (κ3) is 3.99. The van der Waals surface area contributed by atoms with E-state index in [1.54, 1.807) is 6.92 Å². The fourth-order valence-electron chi connectivity index (χ4n) is 0.329. The summed E-state index contributed by atoms with van der Waals surface area (Å²) >= 11 is 0. The van der Waals surface area contributed by atoms with E-state index in [0.29, 0.717) is 5.75 Å². The molecule has 0 aromatic heterocycles. The minimum Gasteiger partial charge on any atom is -0.299 e. The van der Waals surface area contributed by atoms with Crippen LogP contribution in [0, 0.1) is 0 Å². The first kappa shape index (κ1) is 7.82. The van der Waals surface area contributed by atoms with Gasteiger partial charge in [0.25, 0.3) is 0 Å². The third-order valence-corrected chi connectivity index (χ3v) is 2.06. The van der Waals surface area contributed by atoms with Crippen molar-refractivity contribution in [2.45, 2.75) is 13.8 Å². The molecule has 0 saturated heterocycles. The van der Waals surface area contributed by atoms with Gasteiger partial charge in [-0.1, -0.05) is 6.92 Å². The van der Waals surface area contributed by atoms with Crippen LogP contribution >= 0.6 is 0 Å². The van der Waals surface area contributed by atoms with E-state index in [4.69, 9.17) is 0 Å².